The molecule has 0 spiro atoms. The lowest BCUT2D eigenvalue weighted by Gasteiger charge is -2.30. The molecular weight excluding hydrogens is 282 g/mol. The second kappa shape index (κ2) is 5.65. The summed E-state index contributed by atoms with van der Waals surface area (Å²) in [5.74, 6) is 0.0989. The van der Waals surface area contributed by atoms with Gasteiger partial charge in [0.05, 0.1) is 12.5 Å². The summed E-state index contributed by atoms with van der Waals surface area (Å²) < 4.78 is 0.987. The minimum Gasteiger partial charge on any atom is -0.391 e. The summed E-state index contributed by atoms with van der Waals surface area (Å²) in [4.78, 5) is 13.8. The van der Waals surface area contributed by atoms with E-state index in [1.807, 2.05) is 24.3 Å². The largest absolute Gasteiger partial charge is 0.391 e. The zero-order chi connectivity index (χ0) is 12.3. The quantitative estimate of drug-likeness (QED) is 0.907. The number of aliphatic hydroxyl groups excluding tert-OH is 1. The molecule has 1 amide bonds. The highest BCUT2D eigenvalue weighted by molar-refractivity contribution is 9.10. The number of halogens is 1. The second-order valence-electron chi connectivity index (χ2n) is 4.44. The number of carbonyl (C=O) groups is 1. The van der Waals surface area contributed by atoms with Crippen LogP contribution in [-0.2, 0) is 11.2 Å². The Bertz CT molecular complexity index is 408. The predicted molar refractivity (Wildman–Crippen MR) is 69.7 cm³/mol. The number of benzene rings is 1. The number of β-amino-alcohol motifs (C(OH)–C–C–N with tert-alkyl or cyclic N) is 1. The second-order valence-corrected chi connectivity index (χ2v) is 5.36. The molecule has 0 saturated carbocycles. The van der Waals surface area contributed by atoms with Crippen LogP contribution in [0.3, 0.4) is 0 Å². The Morgan fingerprint density at radius 2 is 2.35 bits per heavy atom. The summed E-state index contributed by atoms with van der Waals surface area (Å²) in [6.07, 6.45) is 1.76. The molecule has 0 bridgehead atoms. The summed E-state index contributed by atoms with van der Waals surface area (Å²) in [6, 6.07) is 7.78. The van der Waals surface area contributed by atoms with Crippen molar-refractivity contribution in [2.75, 3.05) is 13.1 Å². The minimum atomic E-state index is -0.352. The van der Waals surface area contributed by atoms with Crippen LogP contribution in [0.5, 0.6) is 0 Å². The van der Waals surface area contributed by atoms with Crippen LogP contribution in [0.2, 0.25) is 0 Å². The van der Waals surface area contributed by atoms with E-state index in [4.69, 9.17) is 0 Å². The van der Waals surface area contributed by atoms with E-state index >= 15 is 0 Å². The first kappa shape index (κ1) is 12.6. The molecule has 0 aromatic heterocycles. The van der Waals surface area contributed by atoms with Crippen LogP contribution in [0, 0.1) is 0 Å². The van der Waals surface area contributed by atoms with Crippen LogP contribution in [0.4, 0.5) is 0 Å². The van der Waals surface area contributed by atoms with E-state index < -0.39 is 0 Å². The van der Waals surface area contributed by atoms with Crippen molar-refractivity contribution in [2.45, 2.75) is 25.4 Å². The molecule has 3 nitrogen and oxygen atoms in total. The zero-order valence-electron chi connectivity index (χ0n) is 9.60. The van der Waals surface area contributed by atoms with Gasteiger partial charge in [0.1, 0.15) is 0 Å². The zero-order valence-corrected chi connectivity index (χ0v) is 11.2. The number of amides is 1. The maximum atomic E-state index is 12.0. The average molecular weight is 298 g/mol. The van der Waals surface area contributed by atoms with E-state index in [9.17, 15) is 9.90 Å². The summed E-state index contributed by atoms with van der Waals surface area (Å²) in [6.45, 7) is 1.25. The highest BCUT2D eigenvalue weighted by atomic mass is 79.9. The van der Waals surface area contributed by atoms with Gasteiger partial charge in [-0.15, -0.1) is 0 Å². The van der Waals surface area contributed by atoms with E-state index in [1.165, 1.54) is 0 Å². The van der Waals surface area contributed by atoms with Crippen molar-refractivity contribution in [1.82, 2.24) is 4.90 Å². The number of nitrogens with zero attached hydrogens (tertiary/aromatic N) is 1. The molecule has 1 fully saturated rings. The number of hydrogen-bond donors (Lipinski definition) is 1. The van der Waals surface area contributed by atoms with Gasteiger partial charge in [-0.25, -0.2) is 0 Å². The topological polar surface area (TPSA) is 40.5 Å². The Morgan fingerprint density at radius 1 is 1.53 bits per heavy atom. The van der Waals surface area contributed by atoms with Crippen LogP contribution < -0.4 is 0 Å². The van der Waals surface area contributed by atoms with Crippen LogP contribution in [0.1, 0.15) is 18.4 Å². The van der Waals surface area contributed by atoms with E-state index in [0.29, 0.717) is 13.0 Å². The molecule has 1 N–H and O–H groups in total. The van der Waals surface area contributed by atoms with Gasteiger partial charge in [0.15, 0.2) is 0 Å². The van der Waals surface area contributed by atoms with Crippen molar-refractivity contribution < 1.29 is 9.90 Å². The van der Waals surface area contributed by atoms with E-state index in [-0.39, 0.29) is 12.0 Å². The van der Waals surface area contributed by atoms with Crippen LogP contribution in [0.25, 0.3) is 0 Å². The standard InChI is InChI=1S/C13H16BrNO2/c14-11-4-1-3-10(7-11)8-13(17)15-6-2-5-12(16)9-15/h1,3-4,7,12,16H,2,5-6,8-9H2/t12-/m0/s1. The first-order valence-corrected chi connectivity index (χ1v) is 6.65. The molecule has 4 heteroatoms. The molecule has 0 unspecified atom stereocenters. The van der Waals surface area contributed by atoms with Crippen molar-refractivity contribution in [2.24, 2.45) is 0 Å². The summed E-state index contributed by atoms with van der Waals surface area (Å²) in [7, 11) is 0. The van der Waals surface area contributed by atoms with Gasteiger partial charge in [0.2, 0.25) is 5.91 Å². The molecular formula is C13H16BrNO2. The van der Waals surface area contributed by atoms with Gasteiger partial charge >= 0.3 is 0 Å². The molecule has 92 valence electrons. The van der Waals surface area contributed by atoms with Crippen LogP contribution in [0.15, 0.2) is 28.7 Å². The summed E-state index contributed by atoms with van der Waals surface area (Å²) in [5.41, 5.74) is 1.00. The lowest BCUT2D eigenvalue weighted by molar-refractivity contribution is -0.133. The number of rotatable bonds is 2. The van der Waals surface area contributed by atoms with Crippen molar-refractivity contribution in [3.8, 4) is 0 Å². The van der Waals surface area contributed by atoms with Gasteiger partial charge in [-0.1, -0.05) is 28.1 Å². The maximum Gasteiger partial charge on any atom is 0.227 e. The average Bonchev–Trinajstić information content (AvgIpc) is 2.29. The van der Waals surface area contributed by atoms with Gasteiger partial charge in [-0.05, 0) is 30.5 Å². The Hall–Kier alpha value is -0.870. The van der Waals surface area contributed by atoms with Gasteiger partial charge in [0, 0.05) is 17.6 Å². The molecule has 2 rings (SSSR count). The van der Waals surface area contributed by atoms with E-state index in [1.54, 1.807) is 4.90 Å². The van der Waals surface area contributed by atoms with Crippen molar-refractivity contribution >= 4 is 21.8 Å². The predicted octanol–water partition coefficient (Wildman–Crippen LogP) is 1.97. The van der Waals surface area contributed by atoms with E-state index in [2.05, 4.69) is 15.9 Å². The first-order valence-electron chi connectivity index (χ1n) is 5.85. The van der Waals surface area contributed by atoms with Gasteiger partial charge in [-0.3, -0.25) is 4.79 Å². The maximum absolute atomic E-state index is 12.0. The minimum absolute atomic E-state index is 0.0989. The third-order valence-electron chi connectivity index (χ3n) is 2.99. The fraction of sp³-hybridized carbons (Fsp3) is 0.462. The molecule has 1 aromatic carbocycles. The molecule has 1 atom stereocenters. The fourth-order valence-electron chi connectivity index (χ4n) is 2.11. The van der Waals surface area contributed by atoms with Crippen molar-refractivity contribution in [3.05, 3.63) is 34.3 Å². The number of likely N-dealkylation sites (tertiary alicyclic amines) is 1. The van der Waals surface area contributed by atoms with Gasteiger partial charge in [-0.2, -0.15) is 0 Å². The van der Waals surface area contributed by atoms with Crippen LogP contribution in [-0.4, -0.2) is 35.1 Å². The van der Waals surface area contributed by atoms with Crippen molar-refractivity contribution in [1.29, 1.82) is 0 Å². The molecule has 0 aliphatic carbocycles. The molecule has 1 aromatic rings. The molecule has 0 radical (unpaired) electrons. The third kappa shape index (κ3) is 3.54. The molecule has 1 saturated heterocycles. The first-order chi connectivity index (χ1) is 8.15. The number of hydrogen-bond acceptors (Lipinski definition) is 2. The smallest absolute Gasteiger partial charge is 0.227 e. The Balaban J connectivity index is 1.96. The highest BCUT2D eigenvalue weighted by Crippen LogP contribution is 2.15. The Morgan fingerprint density at radius 3 is 3.06 bits per heavy atom. The van der Waals surface area contributed by atoms with Gasteiger partial charge < -0.3 is 10.0 Å². The molecule has 1 heterocycles. The van der Waals surface area contributed by atoms with Gasteiger partial charge in [0.25, 0.3) is 0 Å². The molecule has 17 heavy (non-hydrogen) atoms. The Labute approximate surface area is 110 Å². The molecule has 1 aliphatic heterocycles. The lowest BCUT2D eigenvalue weighted by Crippen LogP contribution is -2.42. The molecule has 1 aliphatic rings. The summed E-state index contributed by atoms with van der Waals surface area (Å²) in [5, 5.41) is 9.54. The Kier molecular flexibility index (Phi) is 4.18. The van der Waals surface area contributed by atoms with Crippen LogP contribution >= 0.6 is 15.9 Å². The fourth-order valence-corrected chi connectivity index (χ4v) is 2.56. The highest BCUT2D eigenvalue weighted by Gasteiger charge is 2.21. The monoisotopic (exact) mass is 297 g/mol. The number of carbonyl (C=O) groups excluding carboxylic acids is 1. The third-order valence-corrected chi connectivity index (χ3v) is 3.49. The lowest BCUT2D eigenvalue weighted by atomic mass is 10.1. The summed E-state index contributed by atoms with van der Waals surface area (Å²) >= 11 is 3.39. The number of aliphatic hydroxyl groups is 1. The van der Waals surface area contributed by atoms with E-state index in [0.717, 1.165) is 29.4 Å². The SMILES string of the molecule is O=C(Cc1cccc(Br)c1)N1CCC[C@H](O)C1. The van der Waals surface area contributed by atoms with Crippen molar-refractivity contribution in [3.63, 3.8) is 0 Å². The normalized spacial score (nSPS) is 20.4. The number of piperidine rings is 1.